The fourth-order valence-electron chi connectivity index (χ4n) is 5.50. The summed E-state index contributed by atoms with van der Waals surface area (Å²) in [5.74, 6) is 0.792. The zero-order chi connectivity index (χ0) is 20.0. The fourth-order valence-corrected chi connectivity index (χ4v) is 5.50. The van der Waals surface area contributed by atoms with Gasteiger partial charge in [-0.3, -0.25) is 9.69 Å². The van der Waals surface area contributed by atoms with Gasteiger partial charge in [-0.1, -0.05) is 42.5 Å². The first-order chi connectivity index (χ1) is 14.0. The minimum Gasteiger partial charge on any atom is -0.486 e. The Labute approximate surface area is 173 Å². The quantitative estimate of drug-likeness (QED) is 0.845. The van der Waals surface area contributed by atoms with Crippen LogP contribution in [0.2, 0.25) is 0 Å². The molecule has 2 unspecified atom stereocenters. The maximum Gasteiger partial charge on any atom is 0.255 e. The Morgan fingerprint density at radius 2 is 1.79 bits per heavy atom. The minimum atomic E-state index is -0.236. The average Bonchev–Trinajstić information content (AvgIpc) is 3.12. The number of hydrogen-bond donors (Lipinski definition) is 1. The number of benzene rings is 2. The van der Waals surface area contributed by atoms with Gasteiger partial charge in [-0.05, 0) is 56.7 Å². The molecule has 4 heteroatoms. The lowest BCUT2D eigenvalue weighted by Gasteiger charge is -2.39. The molecular weight excluding hydrogens is 360 g/mol. The second-order valence-corrected chi connectivity index (χ2v) is 9.52. The third kappa shape index (κ3) is 3.66. The first kappa shape index (κ1) is 18.7. The molecule has 3 heterocycles. The Morgan fingerprint density at radius 3 is 2.52 bits per heavy atom. The van der Waals surface area contributed by atoms with E-state index in [4.69, 9.17) is 4.74 Å². The zero-order valence-corrected chi connectivity index (χ0v) is 17.4. The van der Waals surface area contributed by atoms with E-state index in [0.717, 1.165) is 37.1 Å². The third-order valence-corrected chi connectivity index (χ3v) is 6.76. The summed E-state index contributed by atoms with van der Waals surface area (Å²) in [5.41, 5.74) is 2.97. The number of carbonyl (C=O) groups excluding carboxylic acids is 1. The van der Waals surface area contributed by atoms with Crippen molar-refractivity contribution in [2.45, 2.75) is 76.2 Å². The molecule has 0 radical (unpaired) electrons. The molecule has 29 heavy (non-hydrogen) atoms. The molecule has 0 aromatic heterocycles. The van der Waals surface area contributed by atoms with Gasteiger partial charge >= 0.3 is 0 Å². The molecular formula is C25H30N2O2. The monoisotopic (exact) mass is 390 g/mol. The predicted octanol–water partition coefficient (Wildman–Crippen LogP) is 4.33. The van der Waals surface area contributed by atoms with Crippen LogP contribution in [0, 0.1) is 0 Å². The number of nitrogens with one attached hydrogen (secondary N) is 1. The van der Waals surface area contributed by atoms with Crippen molar-refractivity contribution in [1.29, 1.82) is 0 Å². The van der Waals surface area contributed by atoms with Crippen molar-refractivity contribution < 1.29 is 9.53 Å². The lowest BCUT2D eigenvalue weighted by Crippen LogP contribution is -2.50. The van der Waals surface area contributed by atoms with Crippen LogP contribution in [0.1, 0.15) is 61.0 Å². The summed E-state index contributed by atoms with van der Waals surface area (Å²) in [6.07, 6.45) is 5.40. The van der Waals surface area contributed by atoms with Gasteiger partial charge in [0.2, 0.25) is 0 Å². The van der Waals surface area contributed by atoms with Crippen LogP contribution >= 0.6 is 0 Å². The number of piperidine rings is 1. The van der Waals surface area contributed by atoms with E-state index in [1.165, 1.54) is 18.4 Å². The molecule has 1 amide bonds. The second kappa shape index (κ2) is 7.17. The minimum absolute atomic E-state index is 0.0143. The number of rotatable bonds is 4. The SMILES string of the molecule is CC1(C)Cc2cccc(C(=O)NC3CC4CCC(C3)N4Cc3ccccc3)c2O1. The number of carbonyl (C=O) groups is 1. The van der Waals surface area contributed by atoms with Gasteiger partial charge in [-0.2, -0.15) is 0 Å². The lowest BCUT2D eigenvalue weighted by atomic mass is 9.95. The van der Waals surface area contributed by atoms with Gasteiger partial charge in [0.05, 0.1) is 5.56 Å². The smallest absolute Gasteiger partial charge is 0.255 e. The molecule has 2 fully saturated rings. The van der Waals surface area contributed by atoms with Crippen molar-refractivity contribution in [3.63, 3.8) is 0 Å². The Balaban J connectivity index is 1.26. The summed E-state index contributed by atoms with van der Waals surface area (Å²) >= 11 is 0. The Bertz CT molecular complexity index is 894. The summed E-state index contributed by atoms with van der Waals surface area (Å²) < 4.78 is 6.10. The number of amides is 1. The standard InChI is InChI=1S/C25H30N2O2/c1-25(2)15-18-9-6-10-22(23(18)29-25)24(28)26-19-13-20-11-12-21(14-19)27(20)16-17-7-4-3-5-8-17/h3-10,19-21H,11-16H2,1-2H3,(H,26,28). The van der Waals surface area contributed by atoms with Gasteiger partial charge in [-0.15, -0.1) is 0 Å². The molecule has 2 bridgehead atoms. The normalized spacial score (nSPS) is 27.3. The van der Waals surface area contributed by atoms with Crippen LogP contribution in [0.15, 0.2) is 48.5 Å². The van der Waals surface area contributed by atoms with Gasteiger partial charge < -0.3 is 10.1 Å². The van der Waals surface area contributed by atoms with Crippen LogP contribution in [-0.2, 0) is 13.0 Å². The predicted molar refractivity (Wildman–Crippen MR) is 114 cm³/mol. The Morgan fingerprint density at radius 1 is 1.07 bits per heavy atom. The molecule has 2 aromatic carbocycles. The second-order valence-electron chi connectivity index (χ2n) is 9.52. The maximum atomic E-state index is 13.1. The zero-order valence-electron chi connectivity index (χ0n) is 17.4. The topological polar surface area (TPSA) is 41.6 Å². The summed E-state index contributed by atoms with van der Waals surface area (Å²) in [6, 6.07) is 18.1. The number of nitrogens with zero attached hydrogens (tertiary/aromatic N) is 1. The Hall–Kier alpha value is -2.33. The van der Waals surface area contributed by atoms with Gasteiger partial charge in [0.1, 0.15) is 11.4 Å². The highest BCUT2D eigenvalue weighted by Gasteiger charge is 2.41. The summed E-state index contributed by atoms with van der Waals surface area (Å²) in [5, 5.41) is 3.33. The van der Waals surface area contributed by atoms with Gasteiger partial charge in [0.25, 0.3) is 5.91 Å². The number of ether oxygens (including phenoxy) is 1. The van der Waals surface area contributed by atoms with Crippen LogP contribution in [0.3, 0.4) is 0 Å². The van der Waals surface area contributed by atoms with Gasteiger partial charge in [-0.25, -0.2) is 0 Å². The van der Waals surface area contributed by atoms with E-state index in [2.05, 4.69) is 60.5 Å². The van der Waals surface area contributed by atoms with E-state index in [0.29, 0.717) is 17.6 Å². The molecule has 2 saturated heterocycles. The number of hydrogen-bond acceptors (Lipinski definition) is 3. The van der Waals surface area contributed by atoms with Gasteiger partial charge in [0.15, 0.2) is 0 Å². The van der Waals surface area contributed by atoms with Crippen LogP contribution in [0.4, 0.5) is 0 Å². The summed E-state index contributed by atoms with van der Waals surface area (Å²) in [4.78, 5) is 15.7. The fraction of sp³-hybridized carbons (Fsp3) is 0.480. The third-order valence-electron chi connectivity index (χ3n) is 6.76. The van der Waals surface area contributed by atoms with Crippen molar-refractivity contribution in [3.8, 4) is 5.75 Å². The van der Waals surface area contributed by atoms with E-state index < -0.39 is 0 Å². The van der Waals surface area contributed by atoms with Crippen molar-refractivity contribution in [3.05, 3.63) is 65.2 Å². The first-order valence-corrected chi connectivity index (χ1v) is 10.9. The van der Waals surface area contributed by atoms with E-state index >= 15 is 0 Å². The summed E-state index contributed by atoms with van der Waals surface area (Å²) in [6.45, 7) is 5.18. The van der Waals surface area contributed by atoms with E-state index in [1.54, 1.807) is 0 Å². The molecule has 3 aliphatic heterocycles. The van der Waals surface area contributed by atoms with Crippen molar-refractivity contribution >= 4 is 5.91 Å². The molecule has 2 aromatic rings. The molecule has 5 rings (SSSR count). The van der Waals surface area contributed by atoms with E-state index in [-0.39, 0.29) is 17.6 Å². The van der Waals surface area contributed by atoms with Crippen molar-refractivity contribution in [1.82, 2.24) is 10.2 Å². The molecule has 0 saturated carbocycles. The van der Waals surface area contributed by atoms with E-state index in [1.807, 2.05) is 12.1 Å². The molecule has 4 nitrogen and oxygen atoms in total. The van der Waals surface area contributed by atoms with Crippen molar-refractivity contribution in [2.24, 2.45) is 0 Å². The average molecular weight is 391 g/mol. The van der Waals surface area contributed by atoms with Crippen LogP contribution in [0.5, 0.6) is 5.75 Å². The molecule has 152 valence electrons. The maximum absolute atomic E-state index is 13.1. The number of fused-ring (bicyclic) bond motifs is 3. The number of para-hydroxylation sites is 1. The lowest BCUT2D eigenvalue weighted by molar-refractivity contribution is 0.0818. The van der Waals surface area contributed by atoms with Crippen LogP contribution in [-0.4, -0.2) is 34.5 Å². The molecule has 0 spiro atoms. The molecule has 0 aliphatic carbocycles. The molecule has 2 atom stereocenters. The summed E-state index contributed by atoms with van der Waals surface area (Å²) in [7, 11) is 0. The highest BCUT2D eigenvalue weighted by molar-refractivity contribution is 5.97. The van der Waals surface area contributed by atoms with E-state index in [9.17, 15) is 4.79 Å². The highest BCUT2D eigenvalue weighted by atomic mass is 16.5. The largest absolute Gasteiger partial charge is 0.486 e. The molecule has 1 N–H and O–H groups in total. The van der Waals surface area contributed by atoms with Gasteiger partial charge in [0, 0.05) is 31.1 Å². The molecule has 3 aliphatic rings. The van der Waals surface area contributed by atoms with Crippen LogP contribution < -0.4 is 10.1 Å². The first-order valence-electron chi connectivity index (χ1n) is 10.9. The highest BCUT2D eigenvalue weighted by Crippen LogP contribution is 2.39. The Kier molecular flexibility index (Phi) is 4.62. The van der Waals surface area contributed by atoms with Crippen molar-refractivity contribution in [2.75, 3.05) is 0 Å². The van der Waals surface area contributed by atoms with Crippen LogP contribution in [0.25, 0.3) is 0 Å².